The molecule has 0 fully saturated rings. The average molecular weight is 256 g/mol. The molecule has 0 aliphatic rings. The summed E-state index contributed by atoms with van der Waals surface area (Å²) in [5, 5.41) is 0. The van der Waals surface area contributed by atoms with Crippen molar-refractivity contribution in [2.75, 3.05) is 7.11 Å². The van der Waals surface area contributed by atoms with Crippen LogP contribution in [0.1, 0.15) is 35.3 Å². The van der Waals surface area contributed by atoms with Crippen molar-refractivity contribution in [3.8, 4) is 0 Å². The molecule has 0 aromatic heterocycles. The molecule has 3 nitrogen and oxygen atoms in total. The van der Waals surface area contributed by atoms with Gasteiger partial charge in [0.15, 0.2) is 0 Å². The van der Waals surface area contributed by atoms with Crippen molar-refractivity contribution in [2.24, 2.45) is 5.73 Å². The van der Waals surface area contributed by atoms with Crippen LogP contribution in [0.4, 0.5) is 0 Å². The lowest BCUT2D eigenvalue weighted by Crippen LogP contribution is -2.11. The predicted octanol–water partition coefficient (Wildman–Crippen LogP) is 2.86. The molecule has 1 atom stereocenters. The molecule has 0 unspecified atom stereocenters. The van der Waals surface area contributed by atoms with Crippen molar-refractivity contribution < 1.29 is 9.53 Å². The third-order valence-electron chi connectivity index (χ3n) is 2.33. The van der Waals surface area contributed by atoms with E-state index in [1.54, 1.807) is 12.1 Å². The molecule has 1 aromatic rings. The lowest BCUT2D eigenvalue weighted by atomic mass is 10.0. The number of ether oxygens (including phenoxy) is 1. The van der Waals surface area contributed by atoms with Crippen molar-refractivity contribution in [1.29, 1.82) is 0 Å². The third kappa shape index (κ3) is 4.59. The Kier molecular flexibility index (Phi) is 6.54. The lowest BCUT2D eigenvalue weighted by Gasteiger charge is -2.12. The first-order chi connectivity index (χ1) is 7.54. The van der Waals surface area contributed by atoms with Gasteiger partial charge in [0.2, 0.25) is 0 Å². The van der Waals surface area contributed by atoms with Gasteiger partial charge in [0.05, 0.1) is 12.7 Å². The summed E-state index contributed by atoms with van der Waals surface area (Å²) in [5.41, 5.74) is 8.56. The second kappa shape index (κ2) is 7.09. The minimum absolute atomic E-state index is 0. The number of halogens is 1. The van der Waals surface area contributed by atoms with Gasteiger partial charge >= 0.3 is 5.97 Å². The fourth-order valence-corrected chi connectivity index (χ4v) is 1.48. The smallest absolute Gasteiger partial charge is 0.337 e. The molecule has 0 saturated heterocycles. The summed E-state index contributed by atoms with van der Waals surface area (Å²) in [5.74, 6) is -0.333. The van der Waals surface area contributed by atoms with Gasteiger partial charge in [-0.05, 0) is 31.0 Å². The van der Waals surface area contributed by atoms with Crippen LogP contribution >= 0.6 is 12.4 Å². The van der Waals surface area contributed by atoms with E-state index in [0.717, 1.165) is 17.6 Å². The maximum absolute atomic E-state index is 11.2. The summed E-state index contributed by atoms with van der Waals surface area (Å²) in [7, 11) is 1.36. The number of carbonyl (C=O) groups excluding carboxylic acids is 1. The average Bonchev–Trinajstić information content (AvgIpc) is 2.27. The summed E-state index contributed by atoms with van der Waals surface area (Å²) in [6.07, 6.45) is 0.748. The maximum Gasteiger partial charge on any atom is 0.337 e. The molecule has 1 aromatic carbocycles. The van der Waals surface area contributed by atoms with Crippen molar-refractivity contribution in [1.82, 2.24) is 0 Å². The van der Waals surface area contributed by atoms with Crippen LogP contribution in [0.15, 0.2) is 36.4 Å². The normalized spacial score (nSPS) is 11.2. The van der Waals surface area contributed by atoms with Gasteiger partial charge in [-0.25, -0.2) is 4.79 Å². The largest absolute Gasteiger partial charge is 0.465 e. The molecule has 0 aliphatic heterocycles. The third-order valence-corrected chi connectivity index (χ3v) is 2.33. The van der Waals surface area contributed by atoms with Crippen LogP contribution in [0.3, 0.4) is 0 Å². The highest BCUT2D eigenvalue weighted by Gasteiger charge is 2.08. The Balaban J connectivity index is 0.00000256. The zero-order chi connectivity index (χ0) is 12.1. The summed E-state index contributed by atoms with van der Waals surface area (Å²) in [6.45, 7) is 5.77. The zero-order valence-corrected chi connectivity index (χ0v) is 10.9. The molecule has 0 radical (unpaired) electrons. The number of rotatable bonds is 4. The Morgan fingerprint density at radius 3 is 2.35 bits per heavy atom. The molecule has 17 heavy (non-hydrogen) atoms. The standard InChI is InChI=1S/C13H17NO2.ClH/c1-9(2)8-12(14)10-4-6-11(7-5-10)13(15)16-3;/h4-7,12H,1,8,14H2,2-3H3;1H/t12-;/m1./s1. The van der Waals surface area contributed by atoms with Crippen LogP contribution in [0.2, 0.25) is 0 Å². The first-order valence-corrected chi connectivity index (χ1v) is 5.13. The number of carbonyl (C=O) groups is 1. The SMILES string of the molecule is C=C(C)C[C@@H](N)c1ccc(C(=O)OC)cc1.Cl. The summed E-state index contributed by atoms with van der Waals surface area (Å²) >= 11 is 0. The number of hydrogen-bond donors (Lipinski definition) is 1. The fraction of sp³-hybridized carbons (Fsp3) is 0.308. The number of nitrogens with two attached hydrogens (primary N) is 1. The van der Waals surface area contributed by atoms with E-state index in [9.17, 15) is 4.79 Å². The van der Waals surface area contributed by atoms with Crippen LogP contribution in [-0.4, -0.2) is 13.1 Å². The highest BCUT2D eigenvalue weighted by atomic mass is 35.5. The van der Waals surface area contributed by atoms with E-state index in [0.29, 0.717) is 5.56 Å². The van der Waals surface area contributed by atoms with E-state index >= 15 is 0 Å². The van der Waals surface area contributed by atoms with Gasteiger partial charge in [0.25, 0.3) is 0 Å². The highest BCUT2D eigenvalue weighted by Crippen LogP contribution is 2.18. The number of benzene rings is 1. The molecule has 2 N–H and O–H groups in total. The highest BCUT2D eigenvalue weighted by molar-refractivity contribution is 5.89. The quantitative estimate of drug-likeness (QED) is 0.665. The maximum atomic E-state index is 11.2. The molecule has 0 amide bonds. The first-order valence-electron chi connectivity index (χ1n) is 5.13. The zero-order valence-electron chi connectivity index (χ0n) is 10.1. The lowest BCUT2D eigenvalue weighted by molar-refractivity contribution is 0.0600. The molecular weight excluding hydrogens is 238 g/mol. The second-order valence-electron chi connectivity index (χ2n) is 3.88. The van der Waals surface area contributed by atoms with Crippen molar-refractivity contribution in [3.05, 3.63) is 47.5 Å². The molecule has 94 valence electrons. The van der Waals surface area contributed by atoms with E-state index < -0.39 is 0 Å². The Hall–Kier alpha value is -1.32. The van der Waals surface area contributed by atoms with Gasteiger partial charge < -0.3 is 10.5 Å². The molecule has 0 spiro atoms. The van der Waals surface area contributed by atoms with Gasteiger partial charge in [-0.3, -0.25) is 0 Å². The molecule has 0 heterocycles. The van der Waals surface area contributed by atoms with E-state index in [2.05, 4.69) is 11.3 Å². The van der Waals surface area contributed by atoms with Crippen LogP contribution in [-0.2, 0) is 4.74 Å². The molecule has 0 bridgehead atoms. The topological polar surface area (TPSA) is 52.3 Å². The summed E-state index contributed by atoms with van der Waals surface area (Å²) in [4.78, 5) is 11.2. The van der Waals surface area contributed by atoms with E-state index in [4.69, 9.17) is 5.73 Å². The second-order valence-corrected chi connectivity index (χ2v) is 3.88. The Labute approximate surface area is 108 Å². The van der Waals surface area contributed by atoms with E-state index in [1.807, 2.05) is 19.1 Å². The molecule has 4 heteroatoms. The van der Waals surface area contributed by atoms with Crippen molar-refractivity contribution in [3.63, 3.8) is 0 Å². The van der Waals surface area contributed by atoms with Gasteiger partial charge in [-0.1, -0.05) is 17.7 Å². The Bertz CT molecular complexity index is 387. The van der Waals surface area contributed by atoms with Crippen molar-refractivity contribution in [2.45, 2.75) is 19.4 Å². The van der Waals surface area contributed by atoms with Gasteiger partial charge in [0, 0.05) is 6.04 Å². The van der Waals surface area contributed by atoms with E-state index in [1.165, 1.54) is 7.11 Å². The van der Waals surface area contributed by atoms with E-state index in [-0.39, 0.29) is 24.4 Å². The molecular formula is C13H18ClNO2. The number of methoxy groups -OCH3 is 1. The minimum Gasteiger partial charge on any atom is -0.465 e. The molecule has 0 saturated carbocycles. The fourth-order valence-electron chi connectivity index (χ4n) is 1.48. The van der Waals surface area contributed by atoms with Crippen LogP contribution < -0.4 is 5.73 Å². The number of hydrogen-bond acceptors (Lipinski definition) is 3. The van der Waals surface area contributed by atoms with Gasteiger partial charge in [0.1, 0.15) is 0 Å². The van der Waals surface area contributed by atoms with Gasteiger partial charge in [-0.2, -0.15) is 0 Å². The van der Waals surface area contributed by atoms with Gasteiger partial charge in [-0.15, -0.1) is 19.0 Å². The summed E-state index contributed by atoms with van der Waals surface area (Å²) < 4.78 is 4.62. The minimum atomic E-state index is -0.333. The van der Waals surface area contributed by atoms with Crippen LogP contribution in [0, 0.1) is 0 Å². The Morgan fingerprint density at radius 2 is 1.94 bits per heavy atom. The molecule has 0 aliphatic carbocycles. The first kappa shape index (κ1) is 15.7. The predicted molar refractivity (Wildman–Crippen MR) is 71.4 cm³/mol. The summed E-state index contributed by atoms with van der Waals surface area (Å²) in [6, 6.07) is 7.07. The molecule has 1 rings (SSSR count). The van der Waals surface area contributed by atoms with Crippen molar-refractivity contribution >= 4 is 18.4 Å². The Morgan fingerprint density at radius 1 is 1.41 bits per heavy atom. The van der Waals surface area contributed by atoms with Crippen LogP contribution in [0.25, 0.3) is 0 Å². The monoisotopic (exact) mass is 255 g/mol. The number of esters is 1. The van der Waals surface area contributed by atoms with Crippen LogP contribution in [0.5, 0.6) is 0 Å².